The molecule has 2 aliphatic heterocycles. The molecule has 5 rings (SSSR count). The molecule has 2 fully saturated rings. The molecule has 3 aromatic rings. The number of aromatic nitrogens is 5. The summed E-state index contributed by atoms with van der Waals surface area (Å²) in [7, 11) is 0. The third-order valence-corrected chi connectivity index (χ3v) is 6.24. The van der Waals surface area contributed by atoms with Crippen LogP contribution < -0.4 is 5.32 Å². The molecular weight excluding hydrogens is 397 g/mol. The minimum absolute atomic E-state index is 0.158. The van der Waals surface area contributed by atoms with Gasteiger partial charge in [-0.25, -0.2) is 34.1 Å². The van der Waals surface area contributed by atoms with Gasteiger partial charge < -0.3 is 10.2 Å². The highest BCUT2D eigenvalue weighted by Gasteiger charge is 2.60. The van der Waals surface area contributed by atoms with E-state index < -0.39 is 11.4 Å². The topological polar surface area (TPSA) is 96.8 Å². The summed E-state index contributed by atoms with van der Waals surface area (Å²) in [6.07, 6.45) is 7.87. The summed E-state index contributed by atoms with van der Waals surface area (Å²) in [5.74, 6) is 1.05. The van der Waals surface area contributed by atoms with Crippen LogP contribution in [0.4, 0.5) is 14.9 Å². The van der Waals surface area contributed by atoms with Gasteiger partial charge in [0, 0.05) is 17.3 Å². The second-order valence-electron chi connectivity index (χ2n) is 8.45. The van der Waals surface area contributed by atoms with Crippen LogP contribution in [-0.2, 0) is 5.54 Å². The maximum atomic E-state index is 13.3. The molecule has 9 heteroatoms. The van der Waals surface area contributed by atoms with Gasteiger partial charge >= 0.3 is 6.03 Å². The van der Waals surface area contributed by atoms with Crippen molar-refractivity contribution in [3.8, 4) is 11.4 Å². The van der Waals surface area contributed by atoms with Crippen LogP contribution >= 0.6 is 0 Å². The molecule has 1 N–H and O–H groups in total. The average Bonchev–Trinajstić information content (AvgIpc) is 2.76. The summed E-state index contributed by atoms with van der Waals surface area (Å²) >= 11 is 0. The first-order valence-corrected chi connectivity index (χ1v) is 10.3. The summed E-state index contributed by atoms with van der Waals surface area (Å²) < 4.78 is 13.2. The number of nitrogens with one attached hydrogen (secondary N) is 1. The fourth-order valence-corrected chi connectivity index (χ4v) is 5.02. The fourth-order valence-electron chi connectivity index (χ4n) is 5.02. The van der Waals surface area contributed by atoms with Gasteiger partial charge in [0.1, 0.15) is 18.2 Å². The number of hydrogen-bond acceptors (Lipinski definition) is 6. The highest BCUT2D eigenvalue weighted by Crippen LogP contribution is 2.54. The number of aryl methyl sites for hydroxylation is 1. The maximum absolute atomic E-state index is 13.3. The van der Waals surface area contributed by atoms with Crippen molar-refractivity contribution in [1.29, 1.82) is 0 Å². The number of anilines is 1. The normalized spacial score (nSPS) is 24.4. The van der Waals surface area contributed by atoms with E-state index in [4.69, 9.17) is 0 Å². The molecule has 2 saturated heterocycles. The van der Waals surface area contributed by atoms with Gasteiger partial charge in [0.05, 0.1) is 12.4 Å². The number of piperidine rings is 1. The summed E-state index contributed by atoms with van der Waals surface area (Å²) in [5, 5.41) is 3.02. The number of benzene rings is 1. The van der Waals surface area contributed by atoms with Crippen molar-refractivity contribution in [1.82, 2.24) is 29.8 Å². The molecule has 0 aliphatic carbocycles. The fraction of sp³-hybridized carbons (Fsp3) is 0.364. The van der Waals surface area contributed by atoms with E-state index in [1.165, 1.54) is 12.7 Å². The Kier molecular flexibility index (Phi) is 4.60. The van der Waals surface area contributed by atoms with Crippen LogP contribution in [0.1, 0.15) is 37.6 Å². The number of rotatable bonds is 3. The number of amides is 2. The Morgan fingerprint density at radius 3 is 2.65 bits per heavy atom. The van der Waals surface area contributed by atoms with Gasteiger partial charge in [-0.15, -0.1) is 0 Å². The van der Waals surface area contributed by atoms with Crippen molar-refractivity contribution in [3.63, 3.8) is 0 Å². The first-order valence-electron chi connectivity index (χ1n) is 10.3. The molecule has 31 heavy (non-hydrogen) atoms. The van der Waals surface area contributed by atoms with Gasteiger partial charge in [-0.05, 0) is 49.8 Å². The SMILES string of the molecule is Cc1ccc(NC(=O)N2C3CC(C)CC2(c2ncncn2)C3)cc1-c1ncc(F)cn1. The van der Waals surface area contributed by atoms with Crippen LogP contribution in [0.2, 0.25) is 0 Å². The van der Waals surface area contributed by atoms with E-state index in [1.807, 2.05) is 30.0 Å². The minimum Gasteiger partial charge on any atom is -0.308 e. The number of nitrogens with zero attached hydrogens (tertiary/aromatic N) is 6. The first kappa shape index (κ1) is 19.5. The number of urea groups is 1. The monoisotopic (exact) mass is 419 g/mol. The minimum atomic E-state index is -0.497. The second-order valence-corrected chi connectivity index (χ2v) is 8.45. The summed E-state index contributed by atoms with van der Waals surface area (Å²) in [5.41, 5.74) is 1.80. The van der Waals surface area contributed by atoms with E-state index in [9.17, 15) is 9.18 Å². The van der Waals surface area contributed by atoms with Crippen molar-refractivity contribution >= 4 is 11.7 Å². The highest BCUT2D eigenvalue weighted by molar-refractivity contribution is 5.92. The van der Waals surface area contributed by atoms with E-state index >= 15 is 0 Å². The lowest BCUT2D eigenvalue weighted by atomic mass is 9.64. The van der Waals surface area contributed by atoms with Gasteiger partial charge in [0.15, 0.2) is 17.5 Å². The third-order valence-electron chi connectivity index (χ3n) is 6.24. The molecule has 2 bridgehead atoms. The van der Waals surface area contributed by atoms with Gasteiger partial charge in [0.2, 0.25) is 0 Å². The number of halogens is 1. The van der Waals surface area contributed by atoms with E-state index in [0.717, 1.165) is 42.8 Å². The predicted molar refractivity (Wildman–Crippen MR) is 111 cm³/mol. The van der Waals surface area contributed by atoms with Crippen LogP contribution in [-0.4, -0.2) is 41.9 Å². The van der Waals surface area contributed by atoms with Crippen LogP contribution in [0.15, 0.2) is 43.2 Å². The average molecular weight is 419 g/mol. The molecule has 158 valence electrons. The number of fused-ring (bicyclic) bond motifs is 2. The Hall–Kier alpha value is -3.49. The lowest BCUT2D eigenvalue weighted by Crippen LogP contribution is -2.70. The van der Waals surface area contributed by atoms with Gasteiger partial charge in [-0.1, -0.05) is 13.0 Å². The predicted octanol–water partition coefficient (Wildman–Crippen LogP) is 3.71. The molecule has 3 atom stereocenters. The molecule has 2 aliphatic rings. The first-order chi connectivity index (χ1) is 15.0. The van der Waals surface area contributed by atoms with Crippen molar-refractivity contribution in [2.75, 3.05) is 5.32 Å². The summed E-state index contributed by atoms with van der Waals surface area (Å²) in [6, 6.07) is 5.52. The molecule has 0 radical (unpaired) electrons. The lowest BCUT2D eigenvalue weighted by Gasteiger charge is -2.62. The van der Waals surface area contributed by atoms with Crippen LogP contribution in [0.5, 0.6) is 0 Å². The Morgan fingerprint density at radius 1 is 1.16 bits per heavy atom. The standard InChI is InChI=1S/C22H22FN7O/c1-13-5-17-8-22(7-13,20-27-11-24-12-28-20)30(17)21(31)29-16-4-3-14(2)18(6-16)19-25-9-15(23)10-26-19/h3-4,6,9-13,17H,5,7-8H2,1-2H3,(H,29,31). The summed E-state index contributed by atoms with van der Waals surface area (Å²) in [4.78, 5) is 36.0. The number of carbonyl (C=O) groups excluding carboxylic acids is 1. The van der Waals surface area contributed by atoms with E-state index in [-0.39, 0.29) is 12.1 Å². The lowest BCUT2D eigenvalue weighted by molar-refractivity contribution is -0.100. The number of carbonyl (C=O) groups is 1. The Labute approximate surface area is 179 Å². The van der Waals surface area contributed by atoms with Gasteiger partial charge in [-0.3, -0.25) is 0 Å². The third kappa shape index (κ3) is 3.30. The largest absolute Gasteiger partial charge is 0.322 e. The number of hydrogen-bond donors (Lipinski definition) is 1. The van der Waals surface area contributed by atoms with Gasteiger partial charge in [-0.2, -0.15) is 0 Å². The van der Waals surface area contributed by atoms with E-state index in [2.05, 4.69) is 37.2 Å². The molecule has 0 spiro atoms. The maximum Gasteiger partial charge on any atom is 0.322 e. The highest BCUT2D eigenvalue weighted by atomic mass is 19.1. The molecule has 2 amide bonds. The zero-order chi connectivity index (χ0) is 21.6. The Bertz CT molecular complexity index is 1120. The zero-order valence-electron chi connectivity index (χ0n) is 17.3. The van der Waals surface area contributed by atoms with Crippen LogP contribution in [0.3, 0.4) is 0 Å². The van der Waals surface area contributed by atoms with E-state index in [1.54, 1.807) is 0 Å². The van der Waals surface area contributed by atoms with Crippen LogP contribution in [0.25, 0.3) is 11.4 Å². The van der Waals surface area contributed by atoms with Crippen LogP contribution in [0, 0.1) is 18.7 Å². The Morgan fingerprint density at radius 2 is 1.90 bits per heavy atom. The second kappa shape index (κ2) is 7.33. The van der Waals surface area contributed by atoms with Crippen molar-refractivity contribution in [2.24, 2.45) is 5.92 Å². The smallest absolute Gasteiger partial charge is 0.308 e. The molecule has 0 saturated carbocycles. The molecule has 8 nitrogen and oxygen atoms in total. The van der Waals surface area contributed by atoms with Crippen molar-refractivity contribution in [3.05, 3.63) is 60.5 Å². The van der Waals surface area contributed by atoms with Gasteiger partial charge in [0.25, 0.3) is 0 Å². The quantitative estimate of drug-likeness (QED) is 0.695. The molecule has 1 aromatic carbocycles. The molecule has 2 aromatic heterocycles. The molecule has 4 heterocycles. The molecular formula is C22H22FN7O. The van der Waals surface area contributed by atoms with E-state index in [0.29, 0.717) is 23.3 Å². The Balaban J connectivity index is 1.42. The van der Waals surface area contributed by atoms with Crippen molar-refractivity contribution < 1.29 is 9.18 Å². The molecule has 3 unspecified atom stereocenters. The zero-order valence-corrected chi connectivity index (χ0v) is 17.3. The summed E-state index contributed by atoms with van der Waals surface area (Å²) in [6.45, 7) is 4.12. The van der Waals surface area contributed by atoms with Crippen molar-refractivity contribution in [2.45, 2.75) is 44.7 Å².